The van der Waals surface area contributed by atoms with Gasteiger partial charge in [0.05, 0.1) is 5.00 Å². The molecule has 1 aromatic heterocycles. The SMILES string of the molecule is CCc1cc(C)sc1Nc1ccc(CN2C(=O)[C@@H](C3Cc4ccccc4C3)NC(=O)[C@H]2C(CC)CC)cc1. The van der Waals surface area contributed by atoms with Gasteiger partial charge in [-0.2, -0.15) is 0 Å². The minimum Gasteiger partial charge on any atom is -0.347 e. The van der Waals surface area contributed by atoms with Crippen molar-refractivity contribution in [3.05, 3.63) is 81.7 Å². The molecular formula is C32H39N3O2S. The van der Waals surface area contributed by atoms with Gasteiger partial charge in [-0.1, -0.05) is 70.0 Å². The molecule has 3 aromatic rings. The van der Waals surface area contributed by atoms with Crippen LogP contribution in [-0.4, -0.2) is 28.8 Å². The molecule has 0 saturated carbocycles. The summed E-state index contributed by atoms with van der Waals surface area (Å²) in [6, 6.07) is 18.1. The Morgan fingerprint density at radius 2 is 1.66 bits per heavy atom. The second-order valence-corrected chi connectivity index (χ2v) is 12.1. The number of aryl methyl sites for hydroxylation is 2. The van der Waals surface area contributed by atoms with Crippen LogP contribution in [0.5, 0.6) is 0 Å². The van der Waals surface area contributed by atoms with Gasteiger partial charge in [0.25, 0.3) is 0 Å². The maximum Gasteiger partial charge on any atom is 0.246 e. The van der Waals surface area contributed by atoms with Crippen LogP contribution in [0.3, 0.4) is 0 Å². The first-order chi connectivity index (χ1) is 18.4. The molecule has 2 aromatic carbocycles. The van der Waals surface area contributed by atoms with Crippen LogP contribution in [-0.2, 0) is 35.4 Å². The smallest absolute Gasteiger partial charge is 0.246 e. The zero-order valence-electron chi connectivity index (χ0n) is 22.9. The highest BCUT2D eigenvalue weighted by atomic mass is 32.1. The minimum absolute atomic E-state index is 0.00213. The van der Waals surface area contributed by atoms with Gasteiger partial charge in [-0.15, -0.1) is 11.3 Å². The molecule has 2 heterocycles. The zero-order valence-corrected chi connectivity index (χ0v) is 23.7. The molecule has 200 valence electrons. The van der Waals surface area contributed by atoms with Gasteiger partial charge < -0.3 is 15.5 Å². The summed E-state index contributed by atoms with van der Waals surface area (Å²) in [5.74, 6) is 0.291. The molecule has 38 heavy (non-hydrogen) atoms. The number of amides is 2. The fourth-order valence-electron chi connectivity index (χ4n) is 6.24. The third kappa shape index (κ3) is 5.24. The van der Waals surface area contributed by atoms with Crippen molar-refractivity contribution >= 4 is 33.8 Å². The number of rotatable bonds is 9. The largest absolute Gasteiger partial charge is 0.347 e. The summed E-state index contributed by atoms with van der Waals surface area (Å²) in [5, 5.41) is 7.92. The molecule has 6 heteroatoms. The summed E-state index contributed by atoms with van der Waals surface area (Å²) in [4.78, 5) is 30.8. The second-order valence-electron chi connectivity index (χ2n) is 10.8. The number of fused-ring (bicyclic) bond motifs is 1. The average Bonchev–Trinajstić information content (AvgIpc) is 3.51. The van der Waals surface area contributed by atoms with Crippen LogP contribution < -0.4 is 10.6 Å². The van der Waals surface area contributed by atoms with Gasteiger partial charge in [-0.05, 0) is 78.5 Å². The molecule has 0 unspecified atom stereocenters. The van der Waals surface area contributed by atoms with Gasteiger partial charge in [0.2, 0.25) is 11.8 Å². The van der Waals surface area contributed by atoms with E-state index in [1.54, 1.807) is 11.3 Å². The van der Waals surface area contributed by atoms with Crippen molar-refractivity contribution in [3.63, 3.8) is 0 Å². The Hall–Kier alpha value is -3.12. The standard InChI is InChI=1S/C32H39N3O2S/c1-5-22(6-2)29-30(36)34-28(26-17-24-10-8-9-11-25(24)18-26)32(37)35(29)19-21-12-14-27(15-13-21)33-31-23(7-3)16-20(4)38-31/h8-16,22,26,28-29,33H,5-7,17-19H2,1-4H3,(H,34,36)/t28-,29-/m1/s1. The van der Waals surface area contributed by atoms with Crippen LogP contribution in [0.4, 0.5) is 10.7 Å². The Morgan fingerprint density at radius 1 is 1.00 bits per heavy atom. The van der Waals surface area contributed by atoms with E-state index in [2.05, 4.69) is 92.9 Å². The first-order valence-electron chi connectivity index (χ1n) is 14.0. The fraction of sp³-hybridized carbons (Fsp3) is 0.438. The molecule has 5 rings (SSSR count). The van der Waals surface area contributed by atoms with Crippen LogP contribution in [0.15, 0.2) is 54.6 Å². The van der Waals surface area contributed by atoms with Gasteiger partial charge in [0.15, 0.2) is 0 Å². The van der Waals surface area contributed by atoms with E-state index in [0.717, 1.165) is 43.4 Å². The third-order valence-corrected chi connectivity index (χ3v) is 9.39. The Bertz CT molecular complexity index is 1270. The van der Waals surface area contributed by atoms with Crippen molar-refractivity contribution in [1.82, 2.24) is 10.2 Å². The number of carbonyl (C=O) groups is 2. The van der Waals surface area contributed by atoms with Gasteiger partial charge in [0.1, 0.15) is 12.1 Å². The van der Waals surface area contributed by atoms with E-state index in [1.807, 2.05) is 4.90 Å². The van der Waals surface area contributed by atoms with Crippen LogP contribution >= 0.6 is 11.3 Å². The summed E-state index contributed by atoms with van der Waals surface area (Å²) in [6.45, 7) is 8.98. The molecule has 2 aliphatic rings. The monoisotopic (exact) mass is 529 g/mol. The number of hydrogen-bond acceptors (Lipinski definition) is 4. The summed E-state index contributed by atoms with van der Waals surface area (Å²) >= 11 is 1.77. The van der Waals surface area contributed by atoms with Crippen LogP contribution in [0, 0.1) is 18.8 Å². The van der Waals surface area contributed by atoms with E-state index >= 15 is 0 Å². The Kier molecular flexibility index (Phi) is 7.89. The van der Waals surface area contributed by atoms with E-state index in [0.29, 0.717) is 6.54 Å². The molecule has 1 fully saturated rings. The first-order valence-corrected chi connectivity index (χ1v) is 14.9. The Labute approximate surface area is 230 Å². The molecule has 2 atom stereocenters. The maximum absolute atomic E-state index is 14.0. The fourth-order valence-corrected chi connectivity index (χ4v) is 7.27. The van der Waals surface area contributed by atoms with Gasteiger partial charge in [0, 0.05) is 17.1 Å². The number of nitrogens with one attached hydrogen (secondary N) is 2. The van der Waals surface area contributed by atoms with E-state index in [9.17, 15) is 9.59 Å². The minimum atomic E-state index is -0.476. The number of benzene rings is 2. The lowest BCUT2D eigenvalue weighted by Gasteiger charge is -2.43. The van der Waals surface area contributed by atoms with Crippen molar-refractivity contribution in [3.8, 4) is 0 Å². The van der Waals surface area contributed by atoms with Crippen LogP contribution in [0.25, 0.3) is 0 Å². The van der Waals surface area contributed by atoms with E-state index in [4.69, 9.17) is 0 Å². The molecule has 1 saturated heterocycles. The highest BCUT2D eigenvalue weighted by Crippen LogP contribution is 2.34. The van der Waals surface area contributed by atoms with Crippen LogP contribution in [0.1, 0.15) is 60.7 Å². The van der Waals surface area contributed by atoms with Gasteiger partial charge in [-0.25, -0.2) is 0 Å². The van der Waals surface area contributed by atoms with Crippen molar-refractivity contribution in [2.24, 2.45) is 11.8 Å². The lowest BCUT2D eigenvalue weighted by Crippen LogP contribution is -2.66. The van der Waals surface area contributed by atoms with Crippen molar-refractivity contribution in [1.29, 1.82) is 0 Å². The highest BCUT2D eigenvalue weighted by Gasteiger charge is 2.46. The number of hydrogen-bond donors (Lipinski definition) is 2. The maximum atomic E-state index is 14.0. The first kappa shape index (κ1) is 26.5. The van der Waals surface area contributed by atoms with Gasteiger partial charge >= 0.3 is 0 Å². The zero-order chi connectivity index (χ0) is 26.8. The molecule has 5 nitrogen and oxygen atoms in total. The lowest BCUT2D eigenvalue weighted by atomic mass is 9.86. The quantitative estimate of drug-likeness (QED) is 0.337. The summed E-state index contributed by atoms with van der Waals surface area (Å²) in [5.41, 5.74) is 5.99. The predicted molar refractivity (Wildman–Crippen MR) is 156 cm³/mol. The molecule has 1 aliphatic carbocycles. The lowest BCUT2D eigenvalue weighted by molar-refractivity contribution is -0.154. The average molecular weight is 530 g/mol. The second kappa shape index (κ2) is 11.3. The van der Waals surface area contributed by atoms with E-state index in [-0.39, 0.29) is 23.7 Å². The molecule has 0 bridgehead atoms. The molecule has 2 amide bonds. The molecular weight excluding hydrogens is 490 g/mol. The molecule has 2 N–H and O–H groups in total. The van der Waals surface area contributed by atoms with Crippen molar-refractivity contribution < 1.29 is 9.59 Å². The number of carbonyl (C=O) groups excluding carboxylic acids is 2. The normalized spacial score (nSPS) is 19.7. The van der Waals surface area contributed by atoms with Crippen molar-refractivity contribution in [2.75, 3.05) is 5.32 Å². The number of anilines is 2. The summed E-state index contributed by atoms with van der Waals surface area (Å²) in [6.07, 6.45) is 4.38. The topological polar surface area (TPSA) is 61.4 Å². The summed E-state index contributed by atoms with van der Waals surface area (Å²) in [7, 11) is 0. The van der Waals surface area contributed by atoms with Crippen LogP contribution in [0.2, 0.25) is 0 Å². The Morgan fingerprint density at radius 3 is 2.26 bits per heavy atom. The number of thiophene rings is 1. The molecule has 0 radical (unpaired) electrons. The summed E-state index contributed by atoms with van der Waals surface area (Å²) < 4.78 is 0. The molecule has 0 spiro atoms. The third-order valence-electron chi connectivity index (χ3n) is 8.38. The predicted octanol–water partition coefficient (Wildman–Crippen LogP) is 6.41. The Balaban J connectivity index is 1.36. The van der Waals surface area contributed by atoms with Gasteiger partial charge in [-0.3, -0.25) is 9.59 Å². The highest BCUT2D eigenvalue weighted by molar-refractivity contribution is 7.16. The number of nitrogens with zero attached hydrogens (tertiary/aromatic N) is 1. The number of piperazine rings is 1. The van der Waals surface area contributed by atoms with E-state index in [1.165, 1.54) is 26.6 Å². The van der Waals surface area contributed by atoms with Crippen molar-refractivity contribution in [2.45, 2.75) is 78.4 Å². The van der Waals surface area contributed by atoms with E-state index < -0.39 is 12.1 Å². The molecule has 1 aliphatic heterocycles.